The second kappa shape index (κ2) is 6.64. The molecule has 132 valence electrons. The van der Waals surface area contributed by atoms with E-state index in [-0.39, 0.29) is 6.54 Å². The summed E-state index contributed by atoms with van der Waals surface area (Å²) in [5.41, 5.74) is 3.09. The van der Waals surface area contributed by atoms with E-state index in [0.29, 0.717) is 13.1 Å². The molecule has 1 unspecified atom stereocenters. The van der Waals surface area contributed by atoms with Gasteiger partial charge in [-0.15, -0.1) is 0 Å². The van der Waals surface area contributed by atoms with Crippen molar-refractivity contribution in [2.75, 3.05) is 18.0 Å². The molecule has 0 saturated carbocycles. The van der Waals surface area contributed by atoms with Crippen molar-refractivity contribution in [2.45, 2.75) is 19.8 Å². The molecule has 1 saturated heterocycles. The zero-order chi connectivity index (χ0) is 18.3. The van der Waals surface area contributed by atoms with Crippen LogP contribution in [0.2, 0.25) is 0 Å². The monoisotopic (exact) mass is 413 g/mol. The second-order valence-corrected chi connectivity index (χ2v) is 7.39. The van der Waals surface area contributed by atoms with Gasteiger partial charge in [0.2, 0.25) is 6.54 Å². The van der Waals surface area contributed by atoms with Crippen LogP contribution in [0.1, 0.15) is 11.1 Å². The van der Waals surface area contributed by atoms with Crippen LogP contribution in [0.3, 0.4) is 0 Å². The predicted molar refractivity (Wildman–Crippen MR) is 99.6 cm³/mol. The Kier molecular flexibility index (Phi) is 4.32. The number of azo groups is 2. The maximum Gasteiger partial charge on any atom is 0.502 e. The van der Waals surface area contributed by atoms with Gasteiger partial charge in [-0.05, 0) is 35.9 Å². The van der Waals surface area contributed by atoms with Gasteiger partial charge in [0, 0.05) is 33.9 Å². The molecular formula is C19H18BrN4O2+. The summed E-state index contributed by atoms with van der Waals surface area (Å²) in [6, 6.07) is 15.8. The topological polar surface area (TPSA) is 56.0 Å². The van der Waals surface area contributed by atoms with Gasteiger partial charge in [-0.25, -0.2) is 4.79 Å². The van der Waals surface area contributed by atoms with Crippen molar-refractivity contribution >= 4 is 33.4 Å². The molecule has 4 rings (SSSR count). The van der Waals surface area contributed by atoms with Crippen molar-refractivity contribution < 1.29 is 14.3 Å². The molecule has 7 heteroatoms. The molecule has 2 aromatic carbocycles. The maximum atomic E-state index is 12.5. The molecule has 2 aliphatic heterocycles. The van der Waals surface area contributed by atoms with Crippen molar-refractivity contribution in [1.82, 2.24) is 4.90 Å². The van der Waals surface area contributed by atoms with Gasteiger partial charge in [0.25, 0.3) is 6.29 Å². The van der Waals surface area contributed by atoms with E-state index in [1.807, 2.05) is 55.5 Å². The van der Waals surface area contributed by atoms with Crippen LogP contribution in [0.5, 0.6) is 0 Å². The molecule has 2 aliphatic rings. The molecular weight excluding hydrogens is 396 g/mol. The summed E-state index contributed by atoms with van der Waals surface area (Å²) in [6.45, 7) is 3.47. The highest BCUT2D eigenvalue weighted by molar-refractivity contribution is 9.10. The zero-order valence-electron chi connectivity index (χ0n) is 14.3. The lowest BCUT2D eigenvalue weighted by Gasteiger charge is -2.27. The van der Waals surface area contributed by atoms with Crippen molar-refractivity contribution in [3.63, 3.8) is 0 Å². The molecule has 0 aromatic heterocycles. The number of hydrogen-bond acceptors (Lipinski definition) is 4. The Labute approximate surface area is 159 Å². The van der Waals surface area contributed by atoms with Crippen LogP contribution in [0, 0.1) is 6.92 Å². The molecule has 2 amide bonds. The van der Waals surface area contributed by atoms with E-state index < -0.39 is 18.1 Å². The minimum absolute atomic E-state index is 0.282. The molecule has 0 radical (unpaired) electrons. The molecule has 6 nitrogen and oxygen atoms in total. The fraction of sp³-hybridized carbons (Fsp3) is 0.263. The summed E-state index contributed by atoms with van der Waals surface area (Å²) >= 11 is 3.40. The fourth-order valence-corrected chi connectivity index (χ4v) is 3.49. The van der Waals surface area contributed by atoms with E-state index in [2.05, 4.69) is 25.9 Å². The Morgan fingerprint density at radius 2 is 1.69 bits per heavy atom. The zero-order valence-corrected chi connectivity index (χ0v) is 15.9. The summed E-state index contributed by atoms with van der Waals surface area (Å²) in [5.74, 6) is -1.06. The number of amides is 2. The van der Waals surface area contributed by atoms with E-state index in [1.165, 1.54) is 10.3 Å². The Morgan fingerprint density at radius 1 is 1.04 bits per heavy atom. The van der Waals surface area contributed by atoms with Crippen molar-refractivity contribution in [3.05, 3.63) is 64.1 Å². The van der Waals surface area contributed by atoms with Crippen LogP contribution in [-0.4, -0.2) is 40.8 Å². The molecule has 0 aliphatic carbocycles. The van der Waals surface area contributed by atoms with E-state index in [0.717, 1.165) is 15.7 Å². The fourth-order valence-electron chi connectivity index (χ4n) is 3.23. The normalized spacial score (nSPS) is 19.6. The number of anilines is 1. The predicted octanol–water partition coefficient (Wildman–Crippen LogP) is 2.89. The molecule has 1 atom stereocenters. The van der Waals surface area contributed by atoms with E-state index >= 15 is 0 Å². The van der Waals surface area contributed by atoms with Gasteiger partial charge in [-0.3, -0.25) is 9.69 Å². The molecule has 2 aromatic rings. The highest BCUT2D eigenvalue weighted by Crippen LogP contribution is 2.27. The second-order valence-electron chi connectivity index (χ2n) is 6.48. The standard InChI is InChI=1S/C19H18BrN4O2/c1-13-2-8-16(9-3-13)22-10-11-23-17(25)18(26)24(21-19(22)23)12-14-4-6-15(20)7-5-14/h2-9,19H,10-12H2,1H3/q+1. The van der Waals surface area contributed by atoms with Gasteiger partial charge in [0.05, 0.1) is 0 Å². The van der Waals surface area contributed by atoms with Gasteiger partial charge < -0.3 is 4.90 Å². The SMILES string of the molecule is Cc1ccc(N2CCN3C(=O)C(=O)[N+](Cc4ccc(Br)cc4)=NC32)cc1. The highest BCUT2D eigenvalue weighted by atomic mass is 79.9. The Hall–Kier alpha value is -2.54. The minimum atomic E-state index is -0.574. The third-order valence-electron chi connectivity index (χ3n) is 4.67. The van der Waals surface area contributed by atoms with Crippen LogP contribution in [0.15, 0.2) is 58.1 Å². The van der Waals surface area contributed by atoms with Crippen LogP contribution in [-0.2, 0) is 16.1 Å². The first-order valence-electron chi connectivity index (χ1n) is 8.44. The minimum Gasteiger partial charge on any atom is -0.326 e. The average molecular weight is 414 g/mol. The summed E-state index contributed by atoms with van der Waals surface area (Å²) in [7, 11) is 0. The van der Waals surface area contributed by atoms with Crippen LogP contribution >= 0.6 is 15.9 Å². The summed E-state index contributed by atoms with van der Waals surface area (Å²) < 4.78 is 2.26. The van der Waals surface area contributed by atoms with Crippen molar-refractivity contribution in [3.8, 4) is 0 Å². The lowest BCUT2D eigenvalue weighted by atomic mass is 10.2. The number of fused-ring (bicyclic) bond motifs is 1. The quantitative estimate of drug-likeness (QED) is 0.574. The first-order valence-corrected chi connectivity index (χ1v) is 9.23. The third-order valence-corrected chi connectivity index (χ3v) is 5.20. The highest BCUT2D eigenvalue weighted by Gasteiger charge is 2.49. The maximum absolute atomic E-state index is 12.5. The molecule has 26 heavy (non-hydrogen) atoms. The van der Waals surface area contributed by atoms with Gasteiger partial charge in [0.1, 0.15) is 0 Å². The smallest absolute Gasteiger partial charge is 0.326 e. The Bertz CT molecular complexity index is 893. The lowest BCUT2D eigenvalue weighted by molar-refractivity contribution is -0.534. The molecule has 2 heterocycles. The molecule has 1 fully saturated rings. The summed E-state index contributed by atoms with van der Waals surface area (Å²) in [4.78, 5) is 28.6. The van der Waals surface area contributed by atoms with E-state index in [4.69, 9.17) is 0 Å². The van der Waals surface area contributed by atoms with Crippen LogP contribution in [0.4, 0.5) is 5.69 Å². The van der Waals surface area contributed by atoms with E-state index in [9.17, 15) is 9.59 Å². The van der Waals surface area contributed by atoms with Gasteiger partial charge in [-0.1, -0.05) is 45.8 Å². The largest absolute Gasteiger partial charge is 0.502 e. The Morgan fingerprint density at radius 3 is 2.38 bits per heavy atom. The Balaban J connectivity index is 1.65. The number of carbonyl (C=O) groups is 2. The number of aryl methyl sites for hydroxylation is 1. The van der Waals surface area contributed by atoms with Crippen molar-refractivity contribution in [1.29, 1.82) is 0 Å². The summed E-state index contributed by atoms with van der Waals surface area (Å²) in [6.07, 6.45) is -0.474. The van der Waals surface area contributed by atoms with E-state index in [1.54, 1.807) is 4.90 Å². The van der Waals surface area contributed by atoms with Gasteiger partial charge in [0.15, 0.2) is 0 Å². The third kappa shape index (κ3) is 3.03. The first kappa shape index (κ1) is 16.9. The van der Waals surface area contributed by atoms with Crippen LogP contribution < -0.4 is 4.90 Å². The number of nitrogens with zero attached hydrogens (tertiary/aromatic N) is 4. The average Bonchev–Trinajstić information content (AvgIpc) is 3.06. The molecule has 0 N–H and O–H groups in total. The number of rotatable bonds is 3. The van der Waals surface area contributed by atoms with Crippen LogP contribution in [0.25, 0.3) is 0 Å². The number of benzene rings is 2. The molecule has 0 spiro atoms. The van der Waals surface area contributed by atoms with Crippen molar-refractivity contribution in [2.24, 2.45) is 5.11 Å². The number of carbonyl (C=O) groups excluding carboxylic acids is 2. The number of hydrogen-bond donors (Lipinski definition) is 0. The number of halogens is 1. The first-order chi connectivity index (χ1) is 12.5. The van der Waals surface area contributed by atoms with Gasteiger partial charge in [-0.2, -0.15) is 0 Å². The summed E-state index contributed by atoms with van der Waals surface area (Å²) in [5, 5.41) is 4.58. The van der Waals surface area contributed by atoms with Gasteiger partial charge >= 0.3 is 11.8 Å². The lowest BCUT2D eigenvalue weighted by Crippen LogP contribution is -2.51. The molecule has 0 bridgehead atoms.